The van der Waals surface area contributed by atoms with Crippen molar-refractivity contribution in [1.29, 1.82) is 0 Å². The van der Waals surface area contributed by atoms with E-state index in [1.165, 1.54) is 0 Å². The summed E-state index contributed by atoms with van der Waals surface area (Å²) in [6.07, 6.45) is 0. The number of hydrogen-bond donors (Lipinski definition) is 2. The summed E-state index contributed by atoms with van der Waals surface area (Å²) in [7, 11) is 0. The number of thiol groups is 1. The summed E-state index contributed by atoms with van der Waals surface area (Å²) >= 11 is 4.12. The second kappa shape index (κ2) is 6.71. The van der Waals surface area contributed by atoms with E-state index in [-0.39, 0.29) is 5.91 Å². The Morgan fingerprint density at radius 2 is 1.77 bits per heavy atom. The van der Waals surface area contributed by atoms with Gasteiger partial charge in [0.05, 0.1) is 0 Å². The van der Waals surface area contributed by atoms with E-state index in [4.69, 9.17) is 0 Å². The largest absolute Gasteiger partial charge is 0.354 e. The molecule has 4 heteroatoms. The van der Waals surface area contributed by atoms with Gasteiger partial charge in [0.25, 0.3) is 0 Å². The number of nitrogens with one attached hydrogen (secondary N) is 1. The first-order valence-electron chi connectivity index (χ1n) is 7.31. The summed E-state index contributed by atoms with van der Waals surface area (Å²) in [6.45, 7) is 0.896. The third kappa shape index (κ3) is 3.02. The summed E-state index contributed by atoms with van der Waals surface area (Å²) in [5.74, 6) is 0.650. The highest BCUT2D eigenvalue weighted by Crippen LogP contribution is 2.28. The minimum Gasteiger partial charge on any atom is -0.354 e. The summed E-state index contributed by atoms with van der Waals surface area (Å²) in [5.41, 5.74) is 3.24. The molecule has 0 saturated heterocycles. The van der Waals surface area contributed by atoms with Crippen LogP contribution in [0.4, 0.5) is 0 Å². The number of hydrogen-bond acceptors (Lipinski definition) is 2. The molecule has 2 aromatic carbocycles. The number of fused-ring (bicyclic) bond motifs is 1. The molecule has 112 valence electrons. The molecule has 22 heavy (non-hydrogen) atoms. The molecule has 0 unspecified atom stereocenters. The van der Waals surface area contributed by atoms with Gasteiger partial charge in [-0.2, -0.15) is 12.6 Å². The van der Waals surface area contributed by atoms with Crippen LogP contribution in [0.5, 0.6) is 0 Å². The zero-order chi connectivity index (χ0) is 15.4. The average Bonchev–Trinajstić information content (AvgIpc) is 2.92. The number of aromatic nitrogens is 1. The number of carbonyl (C=O) groups is 1. The van der Waals surface area contributed by atoms with E-state index in [1.54, 1.807) is 0 Å². The van der Waals surface area contributed by atoms with Gasteiger partial charge in [0, 0.05) is 28.9 Å². The van der Waals surface area contributed by atoms with Crippen molar-refractivity contribution in [3.63, 3.8) is 0 Å². The van der Waals surface area contributed by atoms with E-state index < -0.39 is 0 Å². The van der Waals surface area contributed by atoms with E-state index in [0.29, 0.717) is 18.8 Å². The van der Waals surface area contributed by atoms with Crippen LogP contribution in [-0.4, -0.2) is 22.8 Å². The van der Waals surface area contributed by atoms with Crippen molar-refractivity contribution in [2.75, 3.05) is 12.3 Å². The van der Waals surface area contributed by atoms with Crippen molar-refractivity contribution in [1.82, 2.24) is 9.88 Å². The Morgan fingerprint density at radius 1 is 1.05 bits per heavy atom. The predicted octanol–water partition coefficient (Wildman–Crippen LogP) is 3.35. The molecule has 0 radical (unpaired) electrons. The summed E-state index contributed by atoms with van der Waals surface area (Å²) < 4.78 is 2.07. The first kappa shape index (κ1) is 14.7. The molecule has 0 atom stereocenters. The minimum atomic E-state index is 0.00702. The molecule has 0 spiro atoms. The summed E-state index contributed by atoms with van der Waals surface area (Å²) in [6, 6.07) is 20.4. The highest BCUT2D eigenvalue weighted by molar-refractivity contribution is 7.80. The molecule has 3 aromatic rings. The number of para-hydroxylation sites is 1. The zero-order valence-corrected chi connectivity index (χ0v) is 13.1. The summed E-state index contributed by atoms with van der Waals surface area (Å²) in [5, 5.41) is 4.02. The number of rotatable bonds is 5. The number of carbonyl (C=O) groups excluding carboxylic acids is 1. The fourth-order valence-corrected chi connectivity index (χ4v) is 2.74. The van der Waals surface area contributed by atoms with E-state index in [1.807, 2.05) is 36.4 Å². The average molecular weight is 310 g/mol. The van der Waals surface area contributed by atoms with Gasteiger partial charge in [-0.05, 0) is 17.7 Å². The predicted molar refractivity (Wildman–Crippen MR) is 94.2 cm³/mol. The van der Waals surface area contributed by atoms with Crippen LogP contribution >= 0.6 is 12.6 Å². The normalized spacial score (nSPS) is 10.8. The molecule has 1 amide bonds. The molecule has 1 N–H and O–H groups in total. The topological polar surface area (TPSA) is 34.0 Å². The molecule has 1 aromatic heterocycles. The maximum absolute atomic E-state index is 12.1. The zero-order valence-electron chi connectivity index (χ0n) is 12.2. The van der Waals surface area contributed by atoms with Gasteiger partial charge in [0.15, 0.2) is 0 Å². The molecule has 0 aliphatic heterocycles. The van der Waals surface area contributed by atoms with Gasteiger partial charge in [-0.15, -0.1) is 0 Å². The standard InChI is InChI=1S/C18H18N2OS/c21-18(19-10-11-22)13-20-16-9-5-4-8-15(16)12-17(20)14-6-2-1-3-7-14/h1-9,12,22H,10-11,13H2,(H,19,21). The highest BCUT2D eigenvalue weighted by Gasteiger charge is 2.12. The quantitative estimate of drug-likeness (QED) is 0.696. The molecule has 0 aliphatic carbocycles. The van der Waals surface area contributed by atoms with Crippen LogP contribution in [0, 0.1) is 0 Å². The second-order valence-corrected chi connectivity index (χ2v) is 5.56. The van der Waals surface area contributed by atoms with Crippen molar-refractivity contribution < 1.29 is 4.79 Å². The van der Waals surface area contributed by atoms with Gasteiger partial charge in [-0.25, -0.2) is 0 Å². The van der Waals surface area contributed by atoms with Gasteiger partial charge in [-0.1, -0.05) is 48.5 Å². The van der Waals surface area contributed by atoms with Crippen LogP contribution in [-0.2, 0) is 11.3 Å². The number of amides is 1. The molecule has 0 fully saturated rings. The number of benzene rings is 2. The monoisotopic (exact) mass is 310 g/mol. The Morgan fingerprint density at radius 3 is 2.55 bits per heavy atom. The van der Waals surface area contributed by atoms with Crippen LogP contribution in [0.25, 0.3) is 22.2 Å². The third-order valence-electron chi connectivity index (χ3n) is 3.62. The van der Waals surface area contributed by atoms with Gasteiger partial charge < -0.3 is 9.88 Å². The summed E-state index contributed by atoms with van der Waals surface area (Å²) in [4.78, 5) is 12.1. The minimum absolute atomic E-state index is 0.00702. The van der Waals surface area contributed by atoms with Crippen LogP contribution in [0.15, 0.2) is 60.7 Å². The lowest BCUT2D eigenvalue weighted by Crippen LogP contribution is -2.29. The third-order valence-corrected chi connectivity index (χ3v) is 3.84. The molecule has 0 aliphatic rings. The maximum Gasteiger partial charge on any atom is 0.239 e. The molecule has 0 saturated carbocycles. The van der Waals surface area contributed by atoms with Crippen LogP contribution in [0.3, 0.4) is 0 Å². The van der Waals surface area contributed by atoms with E-state index >= 15 is 0 Å². The second-order valence-electron chi connectivity index (χ2n) is 5.11. The van der Waals surface area contributed by atoms with E-state index in [9.17, 15) is 4.79 Å². The van der Waals surface area contributed by atoms with Crippen molar-refractivity contribution in [3.05, 3.63) is 60.7 Å². The van der Waals surface area contributed by atoms with E-state index in [0.717, 1.165) is 22.2 Å². The van der Waals surface area contributed by atoms with E-state index in [2.05, 4.69) is 46.8 Å². The lowest BCUT2D eigenvalue weighted by molar-refractivity contribution is -0.121. The Kier molecular flexibility index (Phi) is 4.49. The lowest BCUT2D eigenvalue weighted by atomic mass is 10.1. The first-order valence-corrected chi connectivity index (χ1v) is 7.94. The Balaban J connectivity index is 2.04. The smallest absolute Gasteiger partial charge is 0.239 e. The van der Waals surface area contributed by atoms with Gasteiger partial charge >= 0.3 is 0 Å². The Labute approximate surface area is 135 Å². The first-order chi connectivity index (χ1) is 10.8. The van der Waals surface area contributed by atoms with Crippen molar-refractivity contribution in [2.24, 2.45) is 0 Å². The molecular weight excluding hydrogens is 292 g/mol. The van der Waals surface area contributed by atoms with Crippen molar-refractivity contribution in [3.8, 4) is 11.3 Å². The van der Waals surface area contributed by atoms with Crippen LogP contribution in [0.1, 0.15) is 0 Å². The molecule has 3 rings (SSSR count). The fourth-order valence-electron chi connectivity index (χ4n) is 2.62. The molecule has 0 bridgehead atoms. The maximum atomic E-state index is 12.1. The molecule has 1 heterocycles. The van der Waals surface area contributed by atoms with Gasteiger partial charge in [0.1, 0.15) is 6.54 Å². The fraction of sp³-hybridized carbons (Fsp3) is 0.167. The van der Waals surface area contributed by atoms with Crippen molar-refractivity contribution in [2.45, 2.75) is 6.54 Å². The van der Waals surface area contributed by atoms with Crippen molar-refractivity contribution >= 4 is 29.4 Å². The van der Waals surface area contributed by atoms with Gasteiger partial charge in [-0.3, -0.25) is 4.79 Å². The Hall–Kier alpha value is -2.20. The SMILES string of the molecule is O=C(Cn1c(-c2ccccc2)cc2ccccc21)NCCS. The molecule has 3 nitrogen and oxygen atoms in total. The molecular formula is C18H18N2OS. The lowest BCUT2D eigenvalue weighted by Gasteiger charge is -2.11. The van der Waals surface area contributed by atoms with Crippen LogP contribution in [0.2, 0.25) is 0 Å². The Bertz CT molecular complexity index is 780. The van der Waals surface area contributed by atoms with Crippen LogP contribution < -0.4 is 5.32 Å². The van der Waals surface area contributed by atoms with Gasteiger partial charge in [0.2, 0.25) is 5.91 Å². The number of nitrogens with zero attached hydrogens (tertiary/aromatic N) is 1. The highest BCUT2D eigenvalue weighted by atomic mass is 32.1.